The lowest BCUT2D eigenvalue weighted by Gasteiger charge is -2.33. The third kappa shape index (κ3) is 19.7. The summed E-state index contributed by atoms with van der Waals surface area (Å²) >= 11 is 0. The summed E-state index contributed by atoms with van der Waals surface area (Å²) in [4.78, 5) is 109. The number of alkyl halides is 6. The highest BCUT2D eigenvalue weighted by atomic mass is 19.4. The number of likely N-dealkylation sites (tertiary alicyclic amines) is 2. The zero-order valence-corrected chi connectivity index (χ0v) is 42.8. The van der Waals surface area contributed by atoms with Crippen LogP contribution in [0.15, 0.2) is 60.7 Å². The largest absolute Gasteiger partial charge is 0.471 e. The average molecular weight is 1070 g/mol. The Hall–Kier alpha value is -6.30. The molecule has 0 radical (unpaired) electrons. The summed E-state index contributed by atoms with van der Waals surface area (Å²) in [6.45, 7) is 0.714. The molecule has 2 aromatic carbocycles. The number of likely N-dealkylation sites (N-methyl/N-ethyl adjacent to an activating group) is 2. The van der Waals surface area contributed by atoms with E-state index in [0.29, 0.717) is 40.2 Å². The summed E-state index contributed by atoms with van der Waals surface area (Å²) in [5.74, 6) is -8.23. The first-order valence-corrected chi connectivity index (χ1v) is 25.2. The fraction of sp³-hybridized carbons (Fsp3) is 0.608. The summed E-state index contributed by atoms with van der Waals surface area (Å²) in [6, 6.07) is 11.2. The van der Waals surface area contributed by atoms with Crippen molar-refractivity contribution < 1.29 is 74.2 Å². The first-order chi connectivity index (χ1) is 35.5. The lowest BCUT2D eigenvalue weighted by Crippen LogP contribution is -2.57. The second kappa shape index (κ2) is 29.7. The molecule has 6 atom stereocenters. The van der Waals surface area contributed by atoms with Crippen molar-refractivity contribution in [2.24, 2.45) is 0 Å². The molecule has 2 heterocycles. The molecule has 0 saturated carbocycles. The topological polar surface area (TPSA) is 216 Å². The summed E-state index contributed by atoms with van der Waals surface area (Å²) in [5.41, 5.74) is 1.42. The number of hydrogen-bond donors (Lipinski definition) is 4. The Morgan fingerprint density at radius 1 is 0.587 bits per heavy atom. The lowest BCUT2D eigenvalue weighted by molar-refractivity contribution is -0.186. The van der Waals surface area contributed by atoms with Crippen molar-refractivity contribution in [2.75, 3.05) is 66.6 Å². The van der Waals surface area contributed by atoms with Gasteiger partial charge in [0, 0.05) is 64.2 Å². The molecule has 2 saturated heterocycles. The number of hydrogen-bond acceptors (Lipinski definition) is 12. The molecule has 24 heteroatoms. The van der Waals surface area contributed by atoms with Gasteiger partial charge in [0.05, 0.1) is 12.1 Å². The number of nitrogens with zero attached hydrogens (tertiary/aromatic N) is 4. The second-order valence-electron chi connectivity index (χ2n) is 18.7. The van der Waals surface area contributed by atoms with Crippen LogP contribution in [0.4, 0.5) is 26.3 Å². The van der Waals surface area contributed by atoms with Crippen molar-refractivity contribution in [1.82, 2.24) is 40.9 Å². The Bertz CT molecular complexity index is 2060. The summed E-state index contributed by atoms with van der Waals surface area (Å²) in [7, 11) is 3.02. The number of nitrogens with one attached hydrogen (secondary N) is 4. The minimum absolute atomic E-state index is 0.118. The average Bonchev–Trinajstić information content (AvgIpc) is 4.07. The summed E-state index contributed by atoms with van der Waals surface area (Å²) < 4.78 is 93.3. The molecule has 4 N–H and O–H groups in total. The third-order valence-corrected chi connectivity index (χ3v) is 13.2. The van der Waals surface area contributed by atoms with E-state index in [1.165, 1.54) is 37.7 Å². The Kier molecular flexibility index (Phi) is 24.3. The Morgan fingerprint density at radius 3 is 1.28 bits per heavy atom. The smallest absolute Gasteiger partial charge is 0.463 e. The highest BCUT2D eigenvalue weighted by molar-refractivity contribution is 5.91. The maximum atomic E-state index is 14.0. The third-order valence-electron chi connectivity index (χ3n) is 13.2. The van der Waals surface area contributed by atoms with Gasteiger partial charge in [0.2, 0.25) is 23.6 Å². The van der Waals surface area contributed by atoms with Gasteiger partial charge >= 0.3 is 36.1 Å². The number of carbonyl (C=O) groups excluding carboxylic acids is 8. The second-order valence-corrected chi connectivity index (χ2v) is 18.7. The Morgan fingerprint density at radius 2 is 0.947 bits per heavy atom. The van der Waals surface area contributed by atoms with Gasteiger partial charge < -0.3 is 50.3 Å². The number of carbonyl (C=O) groups is 8. The van der Waals surface area contributed by atoms with Crippen LogP contribution in [0.25, 0.3) is 0 Å². The number of rotatable bonds is 28. The van der Waals surface area contributed by atoms with E-state index in [4.69, 9.17) is 9.47 Å². The minimum Gasteiger partial charge on any atom is -0.463 e. The van der Waals surface area contributed by atoms with Crippen LogP contribution in [-0.2, 0) is 60.7 Å². The van der Waals surface area contributed by atoms with Gasteiger partial charge in [-0.3, -0.25) is 38.4 Å². The predicted octanol–water partition coefficient (Wildman–Crippen LogP) is 3.46. The van der Waals surface area contributed by atoms with Crippen LogP contribution in [0.1, 0.15) is 82.8 Å². The Balaban J connectivity index is 1.31. The standard InChI is InChI=1S/C51H70F6N8O10/c1-34(58-3)44(68)60-40(46(70)64-26-14-20-38(64)30-62(48(72)50(52,53)54)28-24-36-16-8-5-9-17-36)32-74-42(66)22-12-7-13-23-43(67)75-33-41(61-45(69)35(2)59-4)47(71)65-27-15-21-39(65)31-63(49(73)51(55,56)57)29-25-37-18-10-6-11-19-37/h5-6,8-11,16-19,34-35,38-41,58-59H,7,12-15,20-33H2,1-4H3,(H,60,68)(H,61,69)/t34-,35+,38-,39-,40-,41-/m0/s1. The monoisotopic (exact) mass is 1070 g/mol. The molecule has 75 heavy (non-hydrogen) atoms. The zero-order valence-electron chi connectivity index (χ0n) is 42.8. The molecule has 18 nitrogen and oxygen atoms in total. The first kappa shape index (κ1) is 61.2. The molecule has 2 aliphatic heterocycles. The number of ether oxygens (including phenoxy) is 2. The first-order valence-electron chi connectivity index (χ1n) is 25.2. The molecule has 0 unspecified atom stereocenters. The van der Waals surface area contributed by atoms with Crippen molar-refractivity contribution in [3.8, 4) is 0 Å². The van der Waals surface area contributed by atoms with Gasteiger partial charge in [0.25, 0.3) is 0 Å². The number of benzene rings is 2. The maximum Gasteiger partial charge on any atom is 0.471 e. The van der Waals surface area contributed by atoms with Gasteiger partial charge in [-0.2, -0.15) is 26.3 Å². The van der Waals surface area contributed by atoms with Crippen LogP contribution in [0.5, 0.6) is 0 Å². The van der Waals surface area contributed by atoms with Crippen molar-refractivity contribution in [1.29, 1.82) is 0 Å². The molecule has 0 aromatic heterocycles. The van der Waals surface area contributed by atoms with Crippen molar-refractivity contribution in [3.63, 3.8) is 0 Å². The van der Waals surface area contributed by atoms with E-state index in [1.54, 1.807) is 60.7 Å². The predicted molar refractivity (Wildman–Crippen MR) is 261 cm³/mol. The molecular formula is C51H70F6N8O10. The molecule has 0 spiro atoms. The fourth-order valence-corrected chi connectivity index (χ4v) is 8.69. The quantitative estimate of drug-likeness (QED) is 0.0548. The number of amides is 6. The normalized spacial score (nSPS) is 17.3. The van der Waals surface area contributed by atoms with E-state index in [-0.39, 0.29) is 77.5 Å². The molecule has 6 amide bonds. The number of unbranched alkanes of at least 4 members (excludes halogenated alkanes) is 2. The SMILES string of the molecule is CN[C@@H](C)C(=O)N[C@@H](COC(=O)CCCCCC(=O)OC[C@H](NC(=O)[C@@H](C)NC)C(=O)N1CCC[C@H]1CN(CCc1ccccc1)C(=O)C(F)(F)F)C(=O)N1CCC[C@H]1CN(CCc1ccccc1)C(=O)C(F)(F)F. The fourth-order valence-electron chi connectivity index (χ4n) is 8.69. The summed E-state index contributed by atoms with van der Waals surface area (Å²) in [5, 5.41) is 10.6. The number of halogens is 6. The molecule has 0 bridgehead atoms. The zero-order chi connectivity index (χ0) is 55.3. The van der Waals surface area contributed by atoms with Gasteiger partial charge in [-0.1, -0.05) is 67.1 Å². The van der Waals surface area contributed by atoms with Crippen molar-refractivity contribution in [3.05, 3.63) is 71.8 Å². The highest BCUT2D eigenvalue weighted by Crippen LogP contribution is 2.26. The van der Waals surface area contributed by atoms with E-state index in [1.807, 2.05) is 0 Å². The minimum atomic E-state index is -5.16. The molecule has 2 fully saturated rings. The van der Waals surface area contributed by atoms with Crippen molar-refractivity contribution in [2.45, 2.75) is 133 Å². The summed E-state index contributed by atoms with van der Waals surface area (Å²) in [6.07, 6.45) is -8.29. The highest BCUT2D eigenvalue weighted by Gasteiger charge is 2.46. The number of esters is 2. The molecular weight excluding hydrogens is 999 g/mol. The maximum absolute atomic E-state index is 14.0. The van der Waals surface area contributed by atoms with Crippen molar-refractivity contribution >= 4 is 47.4 Å². The molecule has 4 rings (SSSR count). The lowest BCUT2D eigenvalue weighted by atomic mass is 10.1. The van der Waals surface area contributed by atoms with Crippen LogP contribution in [0.3, 0.4) is 0 Å². The van der Waals surface area contributed by atoms with E-state index in [9.17, 15) is 64.7 Å². The van der Waals surface area contributed by atoms with Gasteiger partial charge in [-0.25, -0.2) is 0 Å². The Labute approximate surface area is 432 Å². The van der Waals surface area contributed by atoms with E-state index < -0.39 is 122 Å². The van der Waals surface area contributed by atoms with Crippen LogP contribution in [0.2, 0.25) is 0 Å². The van der Waals surface area contributed by atoms with Gasteiger partial charge in [0.15, 0.2) is 0 Å². The molecule has 2 aliphatic rings. The molecule has 2 aromatic rings. The molecule has 416 valence electrons. The van der Waals surface area contributed by atoms with Crippen LogP contribution < -0.4 is 21.3 Å². The van der Waals surface area contributed by atoms with Gasteiger partial charge in [-0.15, -0.1) is 0 Å². The van der Waals surface area contributed by atoms with Gasteiger partial charge in [-0.05, 0) is 90.4 Å². The van der Waals surface area contributed by atoms with E-state index in [2.05, 4.69) is 21.3 Å². The molecule has 0 aliphatic carbocycles. The van der Waals surface area contributed by atoms with E-state index in [0.717, 1.165) is 0 Å². The van der Waals surface area contributed by atoms with Crippen LogP contribution in [-0.4, -0.2) is 182 Å². The van der Waals surface area contributed by atoms with Crippen LogP contribution in [0, 0.1) is 0 Å². The van der Waals surface area contributed by atoms with Crippen LogP contribution >= 0.6 is 0 Å². The van der Waals surface area contributed by atoms with Gasteiger partial charge in [0.1, 0.15) is 25.3 Å². The van der Waals surface area contributed by atoms with E-state index >= 15 is 0 Å².